The van der Waals surface area contributed by atoms with Crippen molar-refractivity contribution in [3.8, 4) is 0 Å². The molecule has 94 valence electrons. The number of benzene rings is 1. The van der Waals surface area contributed by atoms with E-state index in [4.69, 9.17) is 0 Å². The second-order valence-corrected chi connectivity index (χ2v) is 4.53. The lowest BCUT2D eigenvalue weighted by Crippen LogP contribution is -2.35. The standard InChI is InChI=1S/C13H17F2NO/c14-10-5-3-6-11(15)13(10)12(17)8-9-4-1-2-7-16-9/h3,5-6,9,12,16-17H,1-2,4,7-8H2. The molecule has 2 N–H and O–H groups in total. The second-order valence-electron chi connectivity index (χ2n) is 4.53. The first-order valence-corrected chi connectivity index (χ1v) is 6.04. The van der Waals surface area contributed by atoms with Crippen LogP contribution in [0.5, 0.6) is 0 Å². The molecule has 0 aliphatic carbocycles. The molecular weight excluding hydrogens is 224 g/mol. The summed E-state index contributed by atoms with van der Waals surface area (Å²) in [4.78, 5) is 0. The lowest BCUT2D eigenvalue weighted by atomic mass is 9.95. The number of halogens is 2. The molecule has 1 aromatic carbocycles. The van der Waals surface area contributed by atoms with Gasteiger partial charge >= 0.3 is 0 Å². The molecule has 0 spiro atoms. The number of nitrogens with one attached hydrogen (secondary N) is 1. The van der Waals surface area contributed by atoms with Crippen LogP contribution in [0.15, 0.2) is 18.2 Å². The SMILES string of the molecule is OC(CC1CCCCN1)c1c(F)cccc1F. The molecule has 1 fully saturated rings. The van der Waals surface area contributed by atoms with E-state index in [9.17, 15) is 13.9 Å². The lowest BCUT2D eigenvalue weighted by molar-refractivity contribution is 0.136. The van der Waals surface area contributed by atoms with Crippen LogP contribution in [-0.2, 0) is 0 Å². The molecule has 0 bridgehead atoms. The predicted octanol–water partition coefficient (Wildman–Crippen LogP) is 2.53. The van der Waals surface area contributed by atoms with Crippen molar-refractivity contribution < 1.29 is 13.9 Å². The van der Waals surface area contributed by atoms with Crippen LogP contribution < -0.4 is 5.32 Å². The van der Waals surface area contributed by atoms with Gasteiger partial charge in [0.15, 0.2) is 0 Å². The van der Waals surface area contributed by atoms with Crippen LogP contribution >= 0.6 is 0 Å². The zero-order valence-electron chi connectivity index (χ0n) is 9.63. The Bertz CT molecular complexity index is 357. The summed E-state index contributed by atoms with van der Waals surface area (Å²) in [6, 6.07) is 3.81. The molecule has 0 radical (unpaired) electrons. The molecule has 2 nitrogen and oxygen atoms in total. The summed E-state index contributed by atoms with van der Waals surface area (Å²) in [7, 11) is 0. The van der Waals surface area contributed by atoms with Gasteiger partial charge in [0.2, 0.25) is 0 Å². The predicted molar refractivity (Wildman–Crippen MR) is 61.6 cm³/mol. The Morgan fingerprint density at radius 2 is 2.00 bits per heavy atom. The molecule has 17 heavy (non-hydrogen) atoms. The van der Waals surface area contributed by atoms with Crippen molar-refractivity contribution in [2.24, 2.45) is 0 Å². The summed E-state index contributed by atoms with van der Waals surface area (Å²) >= 11 is 0. The summed E-state index contributed by atoms with van der Waals surface area (Å²) < 4.78 is 26.9. The van der Waals surface area contributed by atoms with E-state index in [1.165, 1.54) is 18.2 Å². The Labute approximate surface area is 99.7 Å². The maximum absolute atomic E-state index is 13.4. The van der Waals surface area contributed by atoms with E-state index >= 15 is 0 Å². The van der Waals surface area contributed by atoms with E-state index in [0.717, 1.165) is 25.8 Å². The highest BCUT2D eigenvalue weighted by atomic mass is 19.1. The monoisotopic (exact) mass is 241 g/mol. The maximum Gasteiger partial charge on any atom is 0.131 e. The van der Waals surface area contributed by atoms with Crippen LogP contribution in [0.2, 0.25) is 0 Å². The zero-order valence-corrected chi connectivity index (χ0v) is 9.63. The molecule has 1 aromatic rings. The Kier molecular flexibility index (Phi) is 4.07. The first-order chi connectivity index (χ1) is 8.18. The number of hydrogen-bond acceptors (Lipinski definition) is 2. The number of rotatable bonds is 3. The summed E-state index contributed by atoms with van der Waals surface area (Å²) in [5.41, 5.74) is -0.208. The third-order valence-corrected chi connectivity index (χ3v) is 3.25. The van der Waals surface area contributed by atoms with Gasteiger partial charge in [-0.15, -0.1) is 0 Å². The lowest BCUT2D eigenvalue weighted by Gasteiger charge is -2.26. The van der Waals surface area contributed by atoms with E-state index in [0.29, 0.717) is 6.42 Å². The van der Waals surface area contributed by atoms with Crippen molar-refractivity contribution in [1.29, 1.82) is 0 Å². The van der Waals surface area contributed by atoms with Gasteiger partial charge in [-0.25, -0.2) is 8.78 Å². The number of aliphatic hydroxyl groups excluding tert-OH is 1. The molecule has 2 atom stereocenters. The van der Waals surface area contributed by atoms with Gasteiger partial charge in [-0.1, -0.05) is 12.5 Å². The Balaban J connectivity index is 2.05. The first-order valence-electron chi connectivity index (χ1n) is 6.04. The summed E-state index contributed by atoms with van der Waals surface area (Å²) in [5.74, 6) is -1.35. The van der Waals surface area contributed by atoms with E-state index < -0.39 is 17.7 Å². The van der Waals surface area contributed by atoms with Crippen molar-refractivity contribution in [2.75, 3.05) is 6.54 Å². The molecular formula is C13H17F2NO. The van der Waals surface area contributed by atoms with Crippen LogP contribution in [0.4, 0.5) is 8.78 Å². The van der Waals surface area contributed by atoms with Crippen LogP contribution in [0.25, 0.3) is 0 Å². The van der Waals surface area contributed by atoms with Gasteiger partial charge in [0.1, 0.15) is 11.6 Å². The minimum Gasteiger partial charge on any atom is -0.388 e. The molecule has 2 rings (SSSR count). The van der Waals surface area contributed by atoms with Crippen molar-refractivity contribution in [1.82, 2.24) is 5.32 Å². The fraction of sp³-hybridized carbons (Fsp3) is 0.538. The minimum absolute atomic E-state index is 0.151. The fourth-order valence-corrected chi connectivity index (χ4v) is 2.34. The molecule has 1 saturated heterocycles. The second kappa shape index (κ2) is 5.56. The van der Waals surface area contributed by atoms with Crippen molar-refractivity contribution in [3.05, 3.63) is 35.4 Å². The van der Waals surface area contributed by atoms with Gasteiger partial charge in [-0.3, -0.25) is 0 Å². The zero-order chi connectivity index (χ0) is 12.3. The Morgan fingerprint density at radius 1 is 1.29 bits per heavy atom. The first kappa shape index (κ1) is 12.5. The summed E-state index contributed by atoms with van der Waals surface area (Å²) in [6.45, 7) is 0.914. The Hall–Kier alpha value is -1.00. The smallest absolute Gasteiger partial charge is 0.131 e. The number of hydrogen-bond donors (Lipinski definition) is 2. The van der Waals surface area contributed by atoms with Gasteiger partial charge in [-0.2, -0.15) is 0 Å². The van der Waals surface area contributed by atoms with Crippen LogP contribution in [0.3, 0.4) is 0 Å². The molecule has 1 aliphatic rings. The van der Waals surface area contributed by atoms with E-state index in [-0.39, 0.29) is 11.6 Å². The highest BCUT2D eigenvalue weighted by Crippen LogP contribution is 2.26. The molecule has 1 aliphatic heterocycles. The molecule has 1 heterocycles. The minimum atomic E-state index is -1.08. The quantitative estimate of drug-likeness (QED) is 0.852. The third kappa shape index (κ3) is 3.01. The van der Waals surface area contributed by atoms with E-state index in [2.05, 4.69) is 5.32 Å². The topological polar surface area (TPSA) is 32.3 Å². The number of piperidine rings is 1. The fourth-order valence-electron chi connectivity index (χ4n) is 2.34. The largest absolute Gasteiger partial charge is 0.388 e. The highest BCUT2D eigenvalue weighted by Gasteiger charge is 2.22. The van der Waals surface area contributed by atoms with Gasteiger partial charge < -0.3 is 10.4 Å². The summed E-state index contributed by atoms with van der Waals surface area (Å²) in [5, 5.41) is 13.2. The van der Waals surface area contributed by atoms with Crippen molar-refractivity contribution in [3.63, 3.8) is 0 Å². The van der Waals surface area contributed by atoms with Crippen LogP contribution in [0, 0.1) is 11.6 Å². The van der Waals surface area contributed by atoms with Crippen molar-refractivity contribution >= 4 is 0 Å². The van der Waals surface area contributed by atoms with Gasteiger partial charge in [0, 0.05) is 6.04 Å². The maximum atomic E-state index is 13.4. The Morgan fingerprint density at radius 3 is 2.59 bits per heavy atom. The highest BCUT2D eigenvalue weighted by molar-refractivity contribution is 5.22. The van der Waals surface area contributed by atoms with Crippen molar-refractivity contribution in [2.45, 2.75) is 37.8 Å². The molecule has 0 aromatic heterocycles. The molecule has 0 amide bonds. The van der Waals surface area contributed by atoms with Gasteiger partial charge in [0.25, 0.3) is 0 Å². The molecule has 4 heteroatoms. The molecule has 0 saturated carbocycles. The molecule has 2 unspecified atom stereocenters. The van der Waals surface area contributed by atoms with Crippen LogP contribution in [0.1, 0.15) is 37.4 Å². The normalized spacial score (nSPS) is 22.4. The van der Waals surface area contributed by atoms with E-state index in [1.54, 1.807) is 0 Å². The average molecular weight is 241 g/mol. The third-order valence-electron chi connectivity index (χ3n) is 3.25. The van der Waals surface area contributed by atoms with E-state index in [1.807, 2.05) is 0 Å². The van der Waals surface area contributed by atoms with Crippen LogP contribution in [-0.4, -0.2) is 17.7 Å². The summed E-state index contributed by atoms with van der Waals surface area (Å²) in [6.07, 6.45) is 2.46. The van der Waals surface area contributed by atoms with Gasteiger partial charge in [0.05, 0.1) is 11.7 Å². The average Bonchev–Trinajstić information content (AvgIpc) is 2.30. The van der Waals surface area contributed by atoms with Gasteiger partial charge in [-0.05, 0) is 37.9 Å². The number of aliphatic hydroxyl groups is 1.